The lowest BCUT2D eigenvalue weighted by atomic mass is 9.67. The second kappa shape index (κ2) is 9.32. The molecule has 2 atom stereocenters. The Labute approximate surface area is 151 Å². The van der Waals surface area contributed by atoms with E-state index in [0.29, 0.717) is 5.56 Å². The number of rotatable bonds is 7. The maximum Gasteiger partial charge on any atom is 0.427 e. The number of hydrogen-bond acceptors (Lipinski definition) is 7. The zero-order valence-corrected chi connectivity index (χ0v) is 15.1. The average molecular weight is 359 g/mol. The highest BCUT2D eigenvalue weighted by atomic mass is 16.5. The number of hydrogen-bond donors (Lipinski definition) is 1. The van der Waals surface area contributed by atoms with Gasteiger partial charge in [-0.2, -0.15) is 10.4 Å². The summed E-state index contributed by atoms with van der Waals surface area (Å²) in [5, 5.41) is 13.7. The Morgan fingerprint density at radius 1 is 1.27 bits per heavy atom. The lowest BCUT2D eigenvalue weighted by Crippen LogP contribution is -2.49. The smallest absolute Gasteiger partial charge is 0.427 e. The fourth-order valence-electron chi connectivity index (χ4n) is 2.61. The van der Waals surface area contributed by atoms with Crippen LogP contribution in [0.15, 0.2) is 35.4 Å². The first kappa shape index (κ1) is 20.8. The van der Waals surface area contributed by atoms with Crippen molar-refractivity contribution in [1.29, 1.82) is 5.26 Å². The van der Waals surface area contributed by atoms with E-state index in [1.165, 1.54) is 13.8 Å². The fourth-order valence-corrected chi connectivity index (χ4v) is 2.61. The second-order valence-corrected chi connectivity index (χ2v) is 5.38. The SMILES string of the molecule is CCOC(=O)C(/C(C)=N/NC(=O)OC)C(C#N)(C(C)=O)c1ccccc1. The molecule has 8 nitrogen and oxygen atoms in total. The summed E-state index contributed by atoms with van der Waals surface area (Å²) in [7, 11) is 1.15. The van der Waals surface area contributed by atoms with Gasteiger partial charge in [-0.1, -0.05) is 30.3 Å². The number of amides is 1. The molecule has 0 aliphatic carbocycles. The summed E-state index contributed by atoms with van der Waals surface area (Å²) >= 11 is 0. The predicted octanol–water partition coefficient (Wildman–Crippen LogP) is 1.95. The number of benzene rings is 1. The molecule has 1 aromatic rings. The molecule has 138 valence electrons. The number of Topliss-reactive ketones (excluding diaryl/α,β-unsaturated/α-hetero) is 1. The van der Waals surface area contributed by atoms with Gasteiger partial charge in [-0.15, -0.1) is 0 Å². The Hall–Kier alpha value is -3.21. The monoisotopic (exact) mass is 359 g/mol. The van der Waals surface area contributed by atoms with Crippen LogP contribution in [0, 0.1) is 17.2 Å². The molecule has 8 heteroatoms. The minimum atomic E-state index is -1.85. The highest BCUT2D eigenvalue weighted by molar-refractivity contribution is 6.10. The molecule has 0 aliphatic rings. The molecule has 0 radical (unpaired) electrons. The van der Waals surface area contributed by atoms with Gasteiger partial charge in [-0.3, -0.25) is 9.59 Å². The zero-order chi connectivity index (χ0) is 19.7. The van der Waals surface area contributed by atoms with Crippen molar-refractivity contribution in [3.05, 3.63) is 35.9 Å². The molecule has 1 N–H and O–H groups in total. The van der Waals surface area contributed by atoms with E-state index >= 15 is 0 Å². The van der Waals surface area contributed by atoms with Crippen molar-refractivity contribution in [2.75, 3.05) is 13.7 Å². The van der Waals surface area contributed by atoms with Gasteiger partial charge in [-0.25, -0.2) is 10.2 Å². The van der Waals surface area contributed by atoms with Crippen LogP contribution in [0.3, 0.4) is 0 Å². The Kier molecular flexibility index (Phi) is 7.47. The zero-order valence-electron chi connectivity index (χ0n) is 15.1. The van der Waals surface area contributed by atoms with Crippen molar-refractivity contribution in [1.82, 2.24) is 5.43 Å². The van der Waals surface area contributed by atoms with Gasteiger partial charge in [0, 0.05) is 0 Å². The second-order valence-electron chi connectivity index (χ2n) is 5.38. The Bertz CT molecular complexity index is 739. The van der Waals surface area contributed by atoms with E-state index in [0.717, 1.165) is 7.11 Å². The van der Waals surface area contributed by atoms with E-state index in [9.17, 15) is 19.6 Å². The number of methoxy groups -OCH3 is 1. The van der Waals surface area contributed by atoms with Gasteiger partial charge >= 0.3 is 12.1 Å². The van der Waals surface area contributed by atoms with Crippen LogP contribution >= 0.6 is 0 Å². The van der Waals surface area contributed by atoms with Crippen LogP contribution in [0.4, 0.5) is 4.79 Å². The Balaban J connectivity index is 3.59. The largest absolute Gasteiger partial charge is 0.465 e. The van der Waals surface area contributed by atoms with Crippen LogP contribution < -0.4 is 5.43 Å². The predicted molar refractivity (Wildman–Crippen MR) is 93.2 cm³/mol. The molecule has 26 heavy (non-hydrogen) atoms. The Morgan fingerprint density at radius 3 is 2.35 bits per heavy atom. The molecular formula is C18H21N3O5. The number of nitrogens with one attached hydrogen (secondary N) is 1. The third-order valence-corrected chi connectivity index (χ3v) is 3.84. The van der Waals surface area contributed by atoms with E-state index < -0.39 is 29.2 Å². The van der Waals surface area contributed by atoms with Crippen molar-refractivity contribution in [2.24, 2.45) is 11.0 Å². The summed E-state index contributed by atoms with van der Waals surface area (Å²) in [6, 6.07) is 10.2. The number of ether oxygens (including phenoxy) is 2. The van der Waals surface area contributed by atoms with Gasteiger partial charge in [0.05, 0.1) is 25.5 Å². The van der Waals surface area contributed by atoms with Gasteiger partial charge in [0.2, 0.25) is 0 Å². The average Bonchev–Trinajstić information content (AvgIpc) is 2.64. The topological polar surface area (TPSA) is 118 Å². The number of carbonyl (C=O) groups excluding carboxylic acids is 3. The van der Waals surface area contributed by atoms with Crippen molar-refractivity contribution >= 4 is 23.6 Å². The molecule has 1 rings (SSSR count). The molecule has 0 bridgehead atoms. The summed E-state index contributed by atoms with van der Waals surface area (Å²) in [5.74, 6) is -2.68. The number of ketones is 1. The van der Waals surface area contributed by atoms with Gasteiger partial charge in [-0.05, 0) is 26.3 Å². The van der Waals surface area contributed by atoms with Crippen molar-refractivity contribution in [2.45, 2.75) is 26.2 Å². The van der Waals surface area contributed by atoms with Crippen LogP contribution in [0.25, 0.3) is 0 Å². The molecule has 0 aromatic heterocycles. The first-order valence-corrected chi connectivity index (χ1v) is 7.87. The number of nitriles is 1. The van der Waals surface area contributed by atoms with E-state index in [4.69, 9.17) is 4.74 Å². The molecule has 0 aliphatic heterocycles. The molecule has 0 heterocycles. The maximum absolute atomic E-state index is 12.6. The van der Waals surface area contributed by atoms with Gasteiger partial charge < -0.3 is 9.47 Å². The molecular weight excluding hydrogens is 338 g/mol. The maximum atomic E-state index is 12.6. The summed E-state index contributed by atoms with van der Waals surface area (Å²) in [6.45, 7) is 4.32. The number of esters is 1. The number of carbonyl (C=O) groups is 3. The number of nitrogens with zero attached hydrogens (tertiary/aromatic N) is 2. The van der Waals surface area contributed by atoms with Gasteiger partial charge in [0.1, 0.15) is 5.92 Å². The van der Waals surface area contributed by atoms with E-state index in [2.05, 4.69) is 15.3 Å². The summed E-state index contributed by atoms with van der Waals surface area (Å²) in [6.07, 6.45) is -0.850. The molecule has 1 amide bonds. The highest BCUT2D eigenvalue weighted by Crippen LogP contribution is 2.35. The van der Waals surface area contributed by atoms with Crippen molar-refractivity contribution < 1.29 is 23.9 Å². The van der Waals surface area contributed by atoms with Crippen molar-refractivity contribution in [3.8, 4) is 6.07 Å². The van der Waals surface area contributed by atoms with Crippen LogP contribution in [-0.4, -0.2) is 37.3 Å². The summed E-state index contributed by atoms with van der Waals surface area (Å²) in [5.41, 5.74) is 0.617. The molecule has 1 aromatic carbocycles. The Morgan fingerprint density at radius 2 is 1.88 bits per heavy atom. The third kappa shape index (κ3) is 4.25. The summed E-state index contributed by atoms with van der Waals surface area (Å²) in [4.78, 5) is 36.4. The van der Waals surface area contributed by atoms with E-state index in [1.54, 1.807) is 37.3 Å². The van der Waals surface area contributed by atoms with E-state index in [1.807, 2.05) is 6.07 Å². The van der Waals surface area contributed by atoms with Gasteiger partial charge in [0.25, 0.3) is 0 Å². The molecule has 0 spiro atoms. The van der Waals surface area contributed by atoms with Crippen LogP contribution in [0.2, 0.25) is 0 Å². The normalized spacial score (nSPS) is 14.3. The van der Waals surface area contributed by atoms with E-state index in [-0.39, 0.29) is 12.3 Å². The van der Waals surface area contributed by atoms with Crippen molar-refractivity contribution in [3.63, 3.8) is 0 Å². The first-order chi connectivity index (χ1) is 12.3. The molecule has 0 fully saturated rings. The lowest BCUT2D eigenvalue weighted by molar-refractivity contribution is -0.149. The van der Waals surface area contributed by atoms with Crippen LogP contribution in [0.1, 0.15) is 26.3 Å². The fraction of sp³-hybridized carbons (Fsp3) is 0.389. The molecule has 0 saturated carbocycles. The van der Waals surface area contributed by atoms with Crippen LogP contribution in [0.5, 0.6) is 0 Å². The van der Waals surface area contributed by atoms with Gasteiger partial charge in [0.15, 0.2) is 11.2 Å². The standard InChI is InChI=1S/C18H21N3O5/c1-5-26-16(23)15(12(2)20-21-17(24)25-4)18(11-19,13(3)22)14-9-7-6-8-10-14/h6-10,15H,5H2,1-4H3,(H,21,24)/b20-12+. The third-order valence-electron chi connectivity index (χ3n) is 3.84. The highest BCUT2D eigenvalue weighted by Gasteiger charge is 2.51. The quantitative estimate of drug-likeness (QED) is 0.452. The first-order valence-electron chi connectivity index (χ1n) is 7.87. The molecule has 2 unspecified atom stereocenters. The summed E-state index contributed by atoms with van der Waals surface area (Å²) < 4.78 is 9.50. The molecule has 0 saturated heterocycles. The minimum Gasteiger partial charge on any atom is -0.465 e. The number of hydrazone groups is 1. The van der Waals surface area contributed by atoms with Crippen LogP contribution in [-0.2, 0) is 24.5 Å². The minimum absolute atomic E-state index is 0.0365. The lowest BCUT2D eigenvalue weighted by Gasteiger charge is -2.31.